The summed E-state index contributed by atoms with van der Waals surface area (Å²) in [5.41, 5.74) is 2.88. The fourth-order valence-electron chi connectivity index (χ4n) is 5.67. The van der Waals surface area contributed by atoms with E-state index in [4.69, 9.17) is 25.8 Å². The van der Waals surface area contributed by atoms with E-state index in [2.05, 4.69) is 30.1 Å². The molecule has 0 amide bonds. The van der Waals surface area contributed by atoms with Crippen molar-refractivity contribution in [1.29, 1.82) is 0 Å². The van der Waals surface area contributed by atoms with E-state index in [0.717, 1.165) is 44.3 Å². The molecule has 3 unspecified atom stereocenters. The average Bonchev–Trinajstić information content (AvgIpc) is 3.52. The van der Waals surface area contributed by atoms with Gasteiger partial charge in [0, 0.05) is 19.1 Å². The molecule has 0 radical (unpaired) electrons. The van der Waals surface area contributed by atoms with Crippen LogP contribution in [0.2, 0.25) is 5.28 Å². The Bertz CT molecular complexity index is 964. The molecule has 1 N–H and O–H groups in total. The predicted molar refractivity (Wildman–Crippen MR) is 106 cm³/mol. The number of fused-ring (bicyclic) bond motifs is 6. The lowest BCUT2D eigenvalue weighted by atomic mass is 9.80. The molecule has 154 valence electrons. The SMILES string of the molecule is COC1(c2noc(C3=NNC4C5CCCCC5n5c(cnc5Cl)N34)n2)CCCC1. The lowest BCUT2D eigenvalue weighted by molar-refractivity contribution is -0.0178. The maximum atomic E-state index is 6.49. The molecule has 0 aromatic carbocycles. The summed E-state index contributed by atoms with van der Waals surface area (Å²) < 4.78 is 13.6. The molecule has 2 aromatic rings. The summed E-state index contributed by atoms with van der Waals surface area (Å²) in [5.74, 6) is 2.95. The number of methoxy groups -OCH3 is 1. The van der Waals surface area contributed by atoms with Crippen molar-refractivity contribution in [3.63, 3.8) is 0 Å². The van der Waals surface area contributed by atoms with Gasteiger partial charge in [-0.3, -0.25) is 14.9 Å². The Morgan fingerprint density at radius 1 is 1.24 bits per heavy atom. The Kier molecular flexibility index (Phi) is 3.93. The molecule has 2 aromatic heterocycles. The number of hydrogen-bond acceptors (Lipinski definition) is 8. The van der Waals surface area contributed by atoms with Gasteiger partial charge in [0.05, 0.1) is 6.20 Å². The molecule has 0 saturated heterocycles. The molecule has 4 heterocycles. The zero-order valence-corrected chi connectivity index (χ0v) is 17.1. The van der Waals surface area contributed by atoms with E-state index in [9.17, 15) is 0 Å². The number of aromatic nitrogens is 4. The smallest absolute Gasteiger partial charge is 0.295 e. The summed E-state index contributed by atoms with van der Waals surface area (Å²) in [6.07, 6.45) is 10.5. The maximum Gasteiger partial charge on any atom is 0.295 e. The van der Waals surface area contributed by atoms with Gasteiger partial charge in [0.1, 0.15) is 17.6 Å². The number of hydrogen-bond donors (Lipinski definition) is 1. The number of anilines is 1. The van der Waals surface area contributed by atoms with Crippen LogP contribution in [0.5, 0.6) is 0 Å². The molecular formula is C19H24ClN7O2. The summed E-state index contributed by atoms with van der Waals surface area (Å²) in [6, 6.07) is 0.338. The fraction of sp³-hybridized carbons (Fsp3) is 0.684. The zero-order valence-electron chi connectivity index (χ0n) is 16.3. The second-order valence-electron chi connectivity index (χ2n) is 8.48. The van der Waals surface area contributed by atoms with Crippen molar-refractivity contribution in [2.75, 3.05) is 12.0 Å². The Morgan fingerprint density at radius 3 is 2.90 bits per heavy atom. The van der Waals surface area contributed by atoms with Crippen molar-refractivity contribution < 1.29 is 9.26 Å². The van der Waals surface area contributed by atoms with E-state index in [1.54, 1.807) is 7.11 Å². The Labute approximate surface area is 173 Å². The van der Waals surface area contributed by atoms with Gasteiger partial charge in [0.2, 0.25) is 16.9 Å². The largest absolute Gasteiger partial charge is 0.370 e. The number of halogens is 1. The van der Waals surface area contributed by atoms with Crippen molar-refractivity contribution >= 4 is 23.3 Å². The summed E-state index contributed by atoms with van der Waals surface area (Å²) in [6.45, 7) is 0. The van der Waals surface area contributed by atoms with Gasteiger partial charge >= 0.3 is 0 Å². The fourth-order valence-corrected chi connectivity index (χ4v) is 5.93. The lowest BCUT2D eigenvalue weighted by Crippen LogP contribution is -2.53. The number of nitrogens with one attached hydrogen (secondary N) is 1. The van der Waals surface area contributed by atoms with Crippen LogP contribution >= 0.6 is 11.6 Å². The topological polar surface area (TPSA) is 93.6 Å². The summed E-state index contributed by atoms with van der Waals surface area (Å²) in [7, 11) is 1.72. The molecule has 2 saturated carbocycles. The number of amidine groups is 1. The van der Waals surface area contributed by atoms with Crippen molar-refractivity contribution in [2.45, 2.75) is 69.2 Å². The highest BCUT2D eigenvalue weighted by Crippen LogP contribution is 2.47. The van der Waals surface area contributed by atoms with E-state index in [1.807, 2.05) is 6.20 Å². The molecule has 0 bridgehead atoms. The quantitative estimate of drug-likeness (QED) is 0.819. The van der Waals surface area contributed by atoms with E-state index in [1.165, 1.54) is 12.8 Å². The van der Waals surface area contributed by atoms with Gasteiger partial charge in [0.15, 0.2) is 0 Å². The molecule has 9 nitrogen and oxygen atoms in total. The van der Waals surface area contributed by atoms with Crippen LogP contribution in [0.4, 0.5) is 5.82 Å². The first kappa shape index (κ1) is 17.7. The number of nitrogens with zero attached hydrogens (tertiary/aromatic N) is 6. The zero-order chi connectivity index (χ0) is 19.6. The Hall–Kier alpha value is -2.13. The summed E-state index contributed by atoms with van der Waals surface area (Å²) >= 11 is 6.49. The van der Waals surface area contributed by atoms with Crippen LogP contribution in [0.3, 0.4) is 0 Å². The minimum absolute atomic E-state index is 0.0498. The van der Waals surface area contributed by atoms with E-state index in [0.29, 0.717) is 34.8 Å². The van der Waals surface area contributed by atoms with Gasteiger partial charge in [-0.25, -0.2) is 4.98 Å². The predicted octanol–water partition coefficient (Wildman–Crippen LogP) is 3.18. The monoisotopic (exact) mass is 417 g/mol. The highest BCUT2D eigenvalue weighted by molar-refractivity contribution is 6.28. The van der Waals surface area contributed by atoms with E-state index in [-0.39, 0.29) is 6.17 Å². The highest BCUT2D eigenvalue weighted by atomic mass is 35.5. The first-order chi connectivity index (χ1) is 14.2. The molecule has 2 fully saturated rings. The highest BCUT2D eigenvalue weighted by Gasteiger charge is 2.49. The lowest BCUT2D eigenvalue weighted by Gasteiger charge is -2.45. The first-order valence-corrected chi connectivity index (χ1v) is 10.8. The van der Waals surface area contributed by atoms with Gasteiger partial charge in [-0.15, -0.1) is 0 Å². The second-order valence-corrected chi connectivity index (χ2v) is 8.82. The Balaban J connectivity index is 1.39. The standard InChI is InChI=1S/C19H24ClN7O2/c1-28-19(8-4-5-9-19)17-22-16(29-25-17)15-24-23-14-11-6-2-3-7-12(11)26-13(27(14)15)10-21-18(26)20/h10-12,14,23H,2-9H2,1H3. The van der Waals surface area contributed by atoms with Crippen molar-refractivity contribution in [2.24, 2.45) is 11.0 Å². The number of imidazole rings is 1. The van der Waals surface area contributed by atoms with Crippen LogP contribution in [0, 0.1) is 5.92 Å². The Morgan fingerprint density at radius 2 is 2.07 bits per heavy atom. The van der Waals surface area contributed by atoms with Crippen LogP contribution < -0.4 is 10.3 Å². The van der Waals surface area contributed by atoms with Gasteiger partial charge in [-0.05, 0) is 50.1 Å². The number of hydrazone groups is 1. The molecule has 4 aliphatic rings. The number of ether oxygens (including phenoxy) is 1. The normalized spacial score (nSPS) is 29.8. The molecule has 0 spiro atoms. The van der Waals surface area contributed by atoms with Gasteiger partial charge in [-0.1, -0.05) is 18.0 Å². The van der Waals surface area contributed by atoms with E-state index >= 15 is 0 Å². The molecule has 3 atom stereocenters. The summed E-state index contributed by atoms with van der Waals surface area (Å²) in [4.78, 5) is 11.2. The third kappa shape index (κ3) is 2.43. The molecule has 10 heteroatoms. The summed E-state index contributed by atoms with van der Waals surface area (Å²) in [5, 5.41) is 9.41. The average molecular weight is 418 g/mol. The van der Waals surface area contributed by atoms with Crippen LogP contribution in [-0.4, -0.2) is 38.8 Å². The second kappa shape index (κ2) is 6.43. The van der Waals surface area contributed by atoms with Gasteiger partial charge in [-0.2, -0.15) is 10.1 Å². The molecule has 2 aliphatic heterocycles. The molecule has 29 heavy (non-hydrogen) atoms. The van der Waals surface area contributed by atoms with Crippen molar-refractivity contribution in [3.05, 3.63) is 23.2 Å². The minimum atomic E-state index is -0.449. The third-order valence-corrected chi connectivity index (χ3v) is 7.41. The van der Waals surface area contributed by atoms with Crippen LogP contribution in [0.1, 0.15) is 69.1 Å². The maximum absolute atomic E-state index is 6.49. The van der Waals surface area contributed by atoms with Crippen LogP contribution in [0.15, 0.2) is 15.8 Å². The molecule has 6 rings (SSSR count). The number of rotatable bonds is 3. The van der Waals surface area contributed by atoms with Crippen molar-refractivity contribution in [3.8, 4) is 0 Å². The van der Waals surface area contributed by atoms with Crippen LogP contribution in [-0.2, 0) is 10.3 Å². The minimum Gasteiger partial charge on any atom is -0.370 e. The van der Waals surface area contributed by atoms with Gasteiger partial charge in [0.25, 0.3) is 5.89 Å². The van der Waals surface area contributed by atoms with Crippen LogP contribution in [0.25, 0.3) is 0 Å². The van der Waals surface area contributed by atoms with E-state index < -0.39 is 5.60 Å². The third-order valence-electron chi connectivity index (χ3n) is 7.13. The molecule has 2 aliphatic carbocycles. The first-order valence-electron chi connectivity index (χ1n) is 10.5. The van der Waals surface area contributed by atoms with Crippen molar-refractivity contribution in [1.82, 2.24) is 25.1 Å². The van der Waals surface area contributed by atoms with Gasteiger partial charge < -0.3 is 9.26 Å². The molecular weight excluding hydrogens is 394 g/mol.